The van der Waals surface area contributed by atoms with Gasteiger partial charge in [-0.1, -0.05) is 11.6 Å². The molecular weight excluding hydrogens is 279 g/mol. The molecule has 0 fully saturated rings. The number of hydrogen-bond acceptors (Lipinski definition) is 1. The van der Waals surface area contributed by atoms with Crippen molar-refractivity contribution >= 4 is 23.2 Å². The minimum Gasteiger partial charge on any atom is -0.370 e. The molecule has 1 aromatic rings. The van der Waals surface area contributed by atoms with E-state index in [-0.39, 0.29) is 16.7 Å². The van der Waals surface area contributed by atoms with Gasteiger partial charge >= 0.3 is 6.18 Å². The quantitative estimate of drug-likeness (QED) is 0.610. The lowest BCUT2D eigenvalue weighted by Gasteiger charge is -2.16. The minimum atomic E-state index is -4.43. The molecule has 1 rings (SSSR count). The lowest BCUT2D eigenvalue weighted by Crippen LogP contribution is -2.27. The van der Waals surface area contributed by atoms with E-state index in [2.05, 4.69) is 10.3 Å². The van der Waals surface area contributed by atoms with Gasteiger partial charge in [-0.05, 0) is 39.0 Å². The topological polar surface area (TPSA) is 50.4 Å². The summed E-state index contributed by atoms with van der Waals surface area (Å²) >= 11 is 5.82. The number of rotatable bonds is 1. The molecule has 0 amide bonds. The van der Waals surface area contributed by atoms with Gasteiger partial charge in [0.1, 0.15) is 0 Å². The van der Waals surface area contributed by atoms with Crippen LogP contribution < -0.4 is 11.1 Å². The molecule has 0 bridgehead atoms. The smallest absolute Gasteiger partial charge is 0.370 e. The van der Waals surface area contributed by atoms with Crippen LogP contribution in [0.2, 0.25) is 5.02 Å². The molecule has 1 aromatic carbocycles. The monoisotopic (exact) mass is 293 g/mol. The average molecular weight is 294 g/mol. The number of alkyl halides is 3. The SMILES string of the molecule is CC(C)(C)N=C(N)Nc1cc(C(F)(F)F)ccc1Cl. The van der Waals surface area contributed by atoms with Gasteiger partial charge < -0.3 is 11.1 Å². The second-order valence-corrected chi connectivity index (χ2v) is 5.39. The van der Waals surface area contributed by atoms with Crippen LogP contribution in [-0.4, -0.2) is 11.5 Å². The Morgan fingerprint density at radius 1 is 1.26 bits per heavy atom. The molecular formula is C12H15ClF3N3. The third-order valence-corrected chi connectivity index (χ3v) is 2.34. The molecule has 0 spiro atoms. The van der Waals surface area contributed by atoms with E-state index in [1.807, 2.05) is 20.8 Å². The fourth-order valence-electron chi connectivity index (χ4n) is 1.32. The van der Waals surface area contributed by atoms with Crippen LogP contribution in [0.4, 0.5) is 18.9 Å². The van der Waals surface area contributed by atoms with Gasteiger partial charge in [0.2, 0.25) is 0 Å². The zero-order valence-electron chi connectivity index (χ0n) is 10.8. The highest BCUT2D eigenvalue weighted by Gasteiger charge is 2.31. The number of aliphatic imine (C=N–C) groups is 1. The standard InChI is InChI=1S/C12H15ClF3N3/c1-11(2,3)19-10(17)18-9-6-7(12(14,15)16)4-5-8(9)13/h4-6H,1-3H3,(H3,17,18,19). The van der Waals surface area contributed by atoms with Crippen LogP contribution in [0.25, 0.3) is 0 Å². The largest absolute Gasteiger partial charge is 0.416 e. The average Bonchev–Trinajstić information content (AvgIpc) is 2.16. The molecule has 0 unspecified atom stereocenters. The van der Waals surface area contributed by atoms with Crippen LogP contribution in [-0.2, 0) is 6.18 Å². The van der Waals surface area contributed by atoms with Crippen LogP contribution in [0.15, 0.2) is 23.2 Å². The van der Waals surface area contributed by atoms with Gasteiger partial charge in [-0.25, -0.2) is 4.99 Å². The summed E-state index contributed by atoms with van der Waals surface area (Å²) in [5.74, 6) is 0.00808. The molecule has 3 N–H and O–H groups in total. The van der Waals surface area contributed by atoms with Crippen molar-refractivity contribution < 1.29 is 13.2 Å². The van der Waals surface area contributed by atoms with E-state index in [0.717, 1.165) is 18.2 Å². The molecule has 19 heavy (non-hydrogen) atoms. The van der Waals surface area contributed by atoms with Crippen LogP contribution in [0.3, 0.4) is 0 Å². The maximum absolute atomic E-state index is 12.6. The van der Waals surface area contributed by atoms with Crippen LogP contribution in [0.1, 0.15) is 26.3 Å². The van der Waals surface area contributed by atoms with E-state index in [1.165, 1.54) is 0 Å². The Labute approximate surface area is 114 Å². The molecule has 3 nitrogen and oxygen atoms in total. The third kappa shape index (κ3) is 4.98. The summed E-state index contributed by atoms with van der Waals surface area (Å²) in [6, 6.07) is 2.97. The van der Waals surface area contributed by atoms with Gasteiger partial charge in [-0.3, -0.25) is 0 Å². The molecule has 0 atom stereocenters. The predicted molar refractivity (Wildman–Crippen MR) is 71.5 cm³/mol. The van der Waals surface area contributed by atoms with Crippen LogP contribution in [0.5, 0.6) is 0 Å². The molecule has 106 valence electrons. The van der Waals surface area contributed by atoms with Crippen molar-refractivity contribution in [3.8, 4) is 0 Å². The number of benzene rings is 1. The first-order valence-electron chi connectivity index (χ1n) is 5.48. The first-order chi connectivity index (χ1) is 8.49. The molecule has 0 aliphatic rings. The van der Waals surface area contributed by atoms with Gasteiger partial charge in [-0.2, -0.15) is 13.2 Å². The van der Waals surface area contributed by atoms with E-state index < -0.39 is 17.3 Å². The Kier molecular flexibility index (Phi) is 4.35. The Hall–Kier alpha value is -1.43. The van der Waals surface area contributed by atoms with E-state index >= 15 is 0 Å². The summed E-state index contributed by atoms with van der Waals surface area (Å²) in [6.07, 6.45) is -4.43. The predicted octanol–water partition coefficient (Wildman–Crippen LogP) is 3.88. The van der Waals surface area contributed by atoms with Crippen molar-refractivity contribution in [2.24, 2.45) is 10.7 Å². The minimum absolute atomic E-state index is 0.00808. The molecule has 0 saturated carbocycles. The molecule has 0 heterocycles. The van der Waals surface area contributed by atoms with E-state index in [4.69, 9.17) is 17.3 Å². The summed E-state index contributed by atoms with van der Waals surface area (Å²) in [6.45, 7) is 5.44. The number of anilines is 1. The lowest BCUT2D eigenvalue weighted by molar-refractivity contribution is -0.137. The normalized spacial score (nSPS) is 13.5. The van der Waals surface area contributed by atoms with Crippen molar-refractivity contribution in [3.05, 3.63) is 28.8 Å². The molecule has 7 heteroatoms. The number of nitrogens with two attached hydrogens (primary N) is 1. The zero-order chi connectivity index (χ0) is 14.8. The maximum Gasteiger partial charge on any atom is 0.416 e. The van der Waals surface area contributed by atoms with Gasteiger partial charge in [0.05, 0.1) is 21.8 Å². The van der Waals surface area contributed by atoms with Crippen molar-refractivity contribution in [1.29, 1.82) is 0 Å². The highest BCUT2D eigenvalue weighted by atomic mass is 35.5. The van der Waals surface area contributed by atoms with E-state index in [0.29, 0.717) is 0 Å². The summed E-state index contributed by atoms with van der Waals surface area (Å²) in [5.41, 5.74) is 4.45. The zero-order valence-corrected chi connectivity index (χ0v) is 11.5. The number of nitrogens with zero attached hydrogens (tertiary/aromatic N) is 1. The van der Waals surface area contributed by atoms with Crippen molar-refractivity contribution in [3.63, 3.8) is 0 Å². The first-order valence-corrected chi connectivity index (χ1v) is 5.86. The number of guanidine groups is 1. The van der Waals surface area contributed by atoms with Crippen molar-refractivity contribution in [2.75, 3.05) is 5.32 Å². The molecule has 0 saturated heterocycles. The highest BCUT2D eigenvalue weighted by Crippen LogP contribution is 2.33. The molecule has 0 aromatic heterocycles. The van der Waals surface area contributed by atoms with E-state index in [1.54, 1.807) is 0 Å². The first kappa shape index (κ1) is 15.6. The second-order valence-electron chi connectivity index (χ2n) is 4.99. The summed E-state index contributed by atoms with van der Waals surface area (Å²) in [7, 11) is 0. The van der Waals surface area contributed by atoms with Crippen molar-refractivity contribution in [1.82, 2.24) is 0 Å². The van der Waals surface area contributed by atoms with E-state index in [9.17, 15) is 13.2 Å². The highest BCUT2D eigenvalue weighted by molar-refractivity contribution is 6.33. The fourth-order valence-corrected chi connectivity index (χ4v) is 1.49. The fraction of sp³-hybridized carbons (Fsp3) is 0.417. The summed E-state index contributed by atoms with van der Waals surface area (Å²) in [5, 5.41) is 2.71. The Morgan fingerprint density at radius 2 is 1.84 bits per heavy atom. The molecule has 0 aliphatic heterocycles. The van der Waals surface area contributed by atoms with Crippen LogP contribution in [0, 0.1) is 0 Å². The number of nitrogens with one attached hydrogen (secondary N) is 1. The third-order valence-electron chi connectivity index (χ3n) is 2.01. The number of hydrogen-bond donors (Lipinski definition) is 2. The van der Waals surface area contributed by atoms with Crippen molar-refractivity contribution in [2.45, 2.75) is 32.5 Å². The van der Waals surface area contributed by atoms with Gasteiger partial charge in [0, 0.05) is 0 Å². The number of halogens is 4. The summed E-state index contributed by atoms with van der Waals surface area (Å²) in [4.78, 5) is 4.08. The Bertz CT molecular complexity index is 490. The van der Waals surface area contributed by atoms with Crippen LogP contribution >= 0.6 is 11.6 Å². The molecule has 0 radical (unpaired) electrons. The Balaban J connectivity index is 3.05. The molecule has 0 aliphatic carbocycles. The van der Waals surface area contributed by atoms with Gasteiger partial charge in [0.15, 0.2) is 5.96 Å². The second kappa shape index (κ2) is 5.28. The maximum atomic E-state index is 12.6. The van der Waals surface area contributed by atoms with Gasteiger partial charge in [0.25, 0.3) is 0 Å². The summed E-state index contributed by atoms with van der Waals surface area (Å²) < 4.78 is 37.7. The Morgan fingerprint density at radius 3 is 2.32 bits per heavy atom. The van der Waals surface area contributed by atoms with Gasteiger partial charge in [-0.15, -0.1) is 0 Å². The lowest BCUT2D eigenvalue weighted by atomic mass is 10.1.